The van der Waals surface area contributed by atoms with E-state index in [0.29, 0.717) is 19.4 Å². The molecule has 1 aromatic heterocycles. The van der Waals surface area contributed by atoms with Gasteiger partial charge in [0.1, 0.15) is 18.6 Å². The van der Waals surface area contributed by atoms with Crippen molar-refractivity contribution in [3.8, 4) is 11.8 Å². The molecule has 1 saturated heterocycles. The molecular weight excluding hydrogens is 338 g/mol. The number of benzene rings is 1. The van der Waals surface area contributed by atoms with Gasteiger partial charge in [-0.25, -0.2) is 13.6 Å². The zero-order valence-corrected chi connectivity index (χ0v) is 14.0. The summed E-state index contributed by atoms with van der Waals surface area (Å²) in [6, 6.07) is 9.65. The van der Waals surface area contributed by atoms with E-state index in [1.165, 1.54) is 12.1 Å². The largest absolute Gasteiger partial charge is 0.447 e. The molecule has 2 aromatic rings. The average Bonchev–Trinajstić information content (AvgIpc) is 3.06. The highest BCUT2D eigenvalue weighted by Crippen LogP contribution is 2.29. The smallest absolute Gasteiger partial charge is 0.407 e. The topological polar surface area (TPSA) is 51.2 Å². The highest BCUT2D eigenvalue weighted by atomic mass is 19.1. The molecule has 1 atom stereocenters. The Kier molecular flexibility index (Phi) is 5.80. The number of ether oxygens (including phenoxy) is 1. The second kappa shape index (κ2) is 8.43. The van der Waals surface area contributed by atoms with Gasteiger partial charge in [0, 0.05) is 23.9 Å². The van der Waals surface area contributed by atoms with E-state index in [4.69, 9.17) is 4.74 Å². The van der Waals surface area contributed by atoms with Crippen LogP contribution in [0.2, 0.25) is 0 Å². The Morgan fingerprint density at radius 1 is 1.19 bits per heavy atom. The van der Waals surface area contributed by atoms with E-state index in [1.54, 1.807) is 30.6 Å². The van der Waals surface area contributed by atoms with Crippen molar-refractivity contribution in [3.63, 3.8) is 0 Å². The van der Waals surface area contributed by atoms with Crippen LogP contribution in [0.1, 0.15) is 30.0 Å². The van der Waals surface area contributed by atoms with E-state index in [-0.39, 0.29) is 17.8 Å². The number of hydrogen-bond acceptors (Lipinski definition) is 3. The molecule has 2 aliphatic rings. The van der Waals surface area contributed by atoms with Gasteiger partial charge in [-0.3, -0.25) is 4.98 Å². The van der Waals surface area contributed by atoms with Crippen molar-refractivity contribution in [1.29, 1.82) is 0 Å². The van der Waals surface area contributed by atoms with Gasteiger partial charge in [0.15, 0.2) is 0 Å². The van der Waals surface area contributed by atoms with Crippen LogP contribution in [0, 0.1) is 23.6 Å². The molecule has 4 nitrogen and oxygen atoms in total. The van der Waals surface area contributed by atoms with Crippen LogP contribution in [-0.2, 0) is 4.74 Å². The average molecular weight is 356 g/mol. The van der Waals surface area contributed by atoms with E-state index in [1.807, 2.05) is 6.07 Å². The number of nitrogens with zero attached hydrogens (tertiary/aromatic N) is 1. The summed E-state index contributed by atoms with van der Waals surface area (Å²) >= 11 is 0. The number of pyridine rings is 1. The maximum Gasteiger partial charge on any atom is 0.407 e. The summed E-state index contributed by atoms with van der Waals surface area (Å²) in [5.41, 5.74) is 1.65. The molecule has 0 bridgehead atoms. The molecular formula is C20H18F2N2O2. The van der Waals surface area contributed by atoms with Crippen molar-refractivity contribution in [2.24, 2.45) is 5.92 Å². The van der Waals surface area contributed by atoms with Gasteiger partial charge in [0.2, 0.25) is 0 Å². The van der Waals surface area contributed by atoms with Crippen LogP contribution in [0.15, 0.2) is 48.8 Å². The number of halogens is 2. The summed E-state index contributed by atoms with van der Waals surface area (Å²) < 4.78 is 29.4. The Morgan fingerprint density at radius 3 is 2.54 bits per heavy atom. The van der Waals surface area contributed by atoms with Crippen molar-refractivity contribution in [2.45, 2.75) is 25.1 Å². The van der Waals surface area contributed by atoms with Crippen molar-refractivity contribution in [2.75, 3.05) is 6.61 Å². The number of carbonyl (C=O) groups excluding carboxylic acids is 1. The van der Waals surface area contributed by atoms with Crippen molar-refractivity contribution in [1.82, 2.24) is 10.3 Å². The monoisotopic (exact) mass is 356 g/mol. The lowest BCUT2D eigenvalue weighted by molar-refractivity contribution is 0.168. The minimum Gasteiger partial charge on any atom is -0.447 e. The van der Waals surface area contributed by atoms with Gasteiger partial charge in [-0.05, 0) is 36.6 Å². The molecule has 2 fully saturated rings. The molecule has 1 amide bonds. The molecule has 1 saturated carbocycles. The van der Waals surface area contributed by atoms with Crippen LogP contribution in [0.25, 0.3) is 0 Å². The van der Waals surface area contributed by atoms with Crippen LogP contribution in [0.4, 0.5) is 13.6 Å². The minimum atomic E-state index is -0.686. The summed E-state index contributed by atoms with van der Waals surface area (Å²) in [5, 5.41) is 2.69. The van der Waals surface area contributed by atoms with Crippen LogP contribution in [-0.4, -0.2) is 23.9 Å². The normalized spacial score (nSPS) is 23.3. The maximum atomic E-state index is 12.7. The van der Waals surface area contributed by atoms with Crippen molar-refractivity contribution < 1.29 is 18.3 Å². The van der Waals surface area contributed by atoms with Crippen LogP contribution >= 0.6 is 0 Å². The van der Waals surface area contributed by atoms with Gasteiger partial charge in [-0.1, -0.05) is 30.0 Å². The molecule has 1 unspecified atom stereocenters. The van der Waals surface area contributed by atoms with Gasteiger partial charge in [0.05, 0.1) is 6.04 Å². The van der Waals surface area contributed by atoms with Crippen LogP contribution in [0.3, 0.4) is 0 Å². The molecule has 26 heavy (non-hydrogen) atoms. The van der Waals surface area contributed by atoms with Crippen molar-refractivity contribution >= 4 is 6.09 Å². The number of hydrogen-bond donors (Lipinski definition) is 1. The van der Waals surface area contributed by atoms with Crippen LogP contribution in [0.5, 0.6) is 0 Å². The number of alkyl carbamates (subject to hydrolysis) is 1. The van der Waals surface area contributed by atoms with Crippen LogP contribution < -0.4 is 5.32 Å². The van der Waals surface area contributed by atoms with Gasteiger partial charge in [0.25, 0.3) is 0 Å². The number of amides is 1. The zero-order chi connectivity index (χ0) is 18.4. The first-order valence-corrected chi connectivity index (χ1v) is 8.34. The van der Waals surface area contributed by atoms with Gasteiger partial charge >= 0.3 is 6.09 Å². The Balaban J connectivity index is 0.000000236. The number of nitrogens with one attached hydrogen (secondary N) is 1. The SMILES string of the molecule is Fc1ccccc1.O=C1NC(c2cncc(C#CC3CC(F)C3)c2)CO1. The molecule has 1 aliphatic heterocycles. The third-order valence-electron chi connectivity index (χ3n) is 4.07. The van der Waals surface area contributed by atoms with E-state index in [9.17, 15) is 13.6 Å². The number of rotatable bonds is 1. The third-order valence-corrected chi connectivity index (χ3v) is 4.07. The molecule has 2 heterocycles. The number of cyclic esters (lactones) is 1. The zero-order valence-electron chi connectivity index (χ0n) is 14.0. The minimum absolute atomic E-state index is 0.160. The molecule has 6 heteroatoms. The van der Waals surface area contributed by atoms with E-state index in [0.717, 1.165) is 11.1 Å². The predicted molar refractivity (Wildman–Crippen MR) is 92.4 cm³/mol. The van der Waals surface area contributed by atoms with Gasteiger partial charge in [-0.15, -0.1) is 0 Å². The fourth-order valence-electron chi connectivity index (χ4n) is 2.55. The standard InChI is InChI=1S/C14H13FN2O2.C6H5F/c15-12-4-9(5-12)1-2-10-3-11(7-16-6-10)13-8-19-14(18)17-13;7-6-4-2-1-3-5-6/h3,6-7,9,12-13H,4-5,8H2,(H,17,18);1-5H. The molecule has 0 spiro atoms. The second-order valence-electron chi connectivity index (χ2n) is 6.13. The fourth-order valence-corrected chi connectivity index (χ4v) is 2.55. The Morgan fingerprint density at radius 2 is 1.96 bits per heavy atom. The van der Waals surface area contributed by atoms with Crippen molar-refractivity contribution in [3.05, 3.63) is 65.7 Å². The first kappa shape index (κ1) is 17.9. The lowest BCUT2D eigenvalue weighted by Gasteiger charge is -2.24. The summed E-state index contributed by atoms with van der Waals surface area (Å²) in [6.07, 6.45) is 3.32. The molecule has 4 rings (SSSR count). The first-order valence-electron chi connectivity index (χ1n) is 8.34. The van der Waals surface area contributed by atoms with E-state index in [2.05, 4.69) is 22.1 Å². The number of alkyl halides is 1. The fraction of sp³-hybridized carbons (Fsp3) is 0.300. The summed E-state index contributed by atoms with van der Waals surface area (Å²) in [6.45, 7) is 0.309. The lowest BCUT2D eigenvalue weighted by Crippen LogP contribution is -2.23. The summed E-state index contributed by atoms with van der Waals surface area (Å²) in [5.74, 6) is 6.04. The molecule has 1 aromatic carbocycles. The highest BCUT2D eigenvalue weighted by Gasteiger charge is 2.27. The lowest BCUT2D eigenvalue weighted by atomic mass is 9.84. The summed E-state index contributed by atoms with van der Waals surface area (Å²) in [7, 11) is 0. The third kappa shape index (κ3) is 5.03. The Labute approximate surface area is 150 Å². The Hall–Kier alpha value is -2.94. The molecule has 1 N–H and O–H groups in total. The molecule has 1 aliphatic carbocycles. The quantitative estimate of drug-likeness (QED) is 0.791. The second-order valence-corrected chi connectivity index (χ2v) is 6.13. The van der Waals surface area contributed by atoms with E-state index < -0.39 is 12.3 Å². The van der Waals surface area contributed by atoms with E-state index >= 15 is 0 Å². The Bertz CT molecular complexity index is 811. The predicted octanol–water partition coefficient (Wildman–Crippen LogP) is 3.79. The van der Waals surface area contributed by atoms with Gasteiger partial charge < -0.3 is 10.1 Å². The maximum absolute atomic E-state index is 12.7. The molecule has 134 valence electrons. The first-order chi connectivity index (χ1) is 12.6. The summed E-state index contributed by atoms with van der Waals surface area (Å²) in [4.78, 5) is 15.1. The molecule has 0 radical (unpaired) electrons. The highest BCUT2D eigenvalue weighted by molar-refractivity contribution is 5.70. The number of carbonyl (C=O) groups is 1. The number of aromatic nitrogens is 1. The van der Waals surface area contributed by atoms with Gasteiger partial charge in [-0.2, -0.15) is 0 Å².